The minimum absolute atomic E-state index is 0.140. The lowest BCUT2D eigenvalue weighted by Gasteiger charge is -2.16. The van der Waals surface area contributed by atoms with Crippen molar-refractivity contribution >= 4 is 10.0 Å². The first kappa shape index (κ1) is 13.0. The van der Waals surface area contributed by atoms with Crippen LogP contribution in [-0.4, -0.2) is 37.0 Å². The average molecular weight is 266 g/mol. The quantitative estimate of drug-likeness (QED) is 0.851. The molecule has 1 heterocycles. The van der Waals surface area contributed by atoms with Crippen molar-refractivity contribution < 1.29 is 13.5 Å². The highest BCUT2D eigenvalue weighted by atomic mass is 32.2. The number of rotatable bonds is 2. The van der Waals surface area contributed by atoms with Crippen molar-refractivity contribution in [3.05, 3.63) is 29.3 Å². The van der Waals surface area contributed by atoms with Gasteiger partial charge in [-0.05, 0) is 37.1 Å². The Kier molecular flexibility index (Phi) is 3.39. The summed E-state index contributed by atoms with van der Waals surface area (Å²) in [6, 6.07) is 6.45. The molecule has 0 aromatic heterocycles. The van der Waals surface area contributed by atoms with E-state index in [-0.39, 0.29) is 11.4 Å². The molecular formula is C12H14N2O3S. The Labute approximate surface area is 106 Å². The summed E-state index contributed by atoms with van der Waals surface area (Å²) in [4.78, 5) is 0.174. The Balaban J connectivity index is 2.37. The maximum absolute atomic E-state index is 12.3. The molecule has 1 saturated heterocycles. The molecule has 1 aromatic rings. The van der Waals surface area contributed by atoms with Crippen molar-refractivity contribution in [3.8, 4) is 6.07 Å². The minimum atomic E-state index is -3.56. The molecule has 1 N–H and O–H groups in total. The topological polar surface area (TPSA) is 81.4 Å². The summed E-state index contributed by atoms with van der Waals surface area (Å²) in [5.41, 5.74) is 1.11. The van der Waals surface area contributed by atoms with Crippen LogP contribution in [0.4, 0.5) is 0 Å². The Morgan fingerprint density at radius 3 is 2.72 bits per heavy atom. The molecule has 0 unspecified atom stereocenters. The third-order valence-electron chi connectivity index (χ3n) is 3.08. The van der Waals surface area contributed by atoms with E-state index in [4.69, 9.17) is 5.26 Å². The van der Waals surface area contributed by atoms with Gasteiger partial charge in [0.15, 0.2) is 0 Å². The highest BCUT2D eigenvalue weighted by molar-refractivity contribution is 7.89. The van der Waals surface area contributed by atoms with Gasteiger partial charge < -0.3 is 5.11 Å². The Hall–Kier alpha value is -1.42. The third kappa shape index (κ3) is 2.25. The van der Waals surface area contributed by atoms with E-state index in [2.05, 4.69) is 0 Å². The summed E-state index contributed by atoms with van der Waals surface area (Å²) in [7, 11) is -3.56. The second-order valence-corrected chi connectivity index (χ2v) is 6.33. The van der Waals surface area contributed by atoms with Crippen LogP contribution in [0.2, 0.25) is 0 Å². The minimum Gasteiger partial charge on any atom is -0.392 e. The predicted octanol–water partition coefficient (Wildman–Crippen LogP) is 0.622. The number of aliphatic hydroxyl groups is 1. The van der Waals surface area contributed by atoms with Crippen molar-refractivity contribution in [2.24, 2.45) is 0 Å². The van der Waals surface area contributed by atoms with Crippen molar-refractivity contribution in [1.82, 2.24) is 4.31 Å². The molecule has 96 valence electrons. The molecule has 0 aliphatic carbocycles. The molecule has 1 fully saturated rings. The van der Waals surface area contributed by atoms with Gasteiger partial charge in [-0.2, -0.15) is 9.57 Å². The van der Waals surface area contributed by atoms with Gasteiger partial charge in [0.25, 0.3) is 0 Å². The Morgan fingerprint density at radius 2 is 2.22 bits per heavy atom. The standard InChI is InChI=1S/C12H14N2O3S/c1-9-6-12(3-2-10(9)7-13)18(16,17)14-5-4-11(15)8-14/h2-3,6,11,15H,4-5,8H2,1H3/t11-/m0/s1. The summed E-state index contributed by atoms with van der Waals surface area (Å²) in [5.74, 6) is 0. The molecule has 0 radical (unpaired) electrons. The van der Waals surface area contributed by atoms with E-state index in [0.717, 1.165) is 0 Å². The fraction of sp³-hybridized carbons (Fsp3) is 0.417. The van der Waals surface area contributed by atoms with Gasteiger partial charge in [-0.25, -0.2) is 8.42 Å². The molecule has 5 nitrogen and oxygen atoms in total. The molecular weight excluding hydrogens is 252 g/mol. The van der Waals surface area contributed by atoms with Crippen molar-refractivity contribution in [2.45, 2.75) is 24.3 Å². The molecule has 2 rings (SSSR count). The largest absolute Gasteiger partial charge is 0.392 e. The number of β-amino-alcohol motifs (C(OH)–C–C–N with tert-alkyl or cyclic N) is 1. The second-order valence-electron chi connectivity index (χ2n) is 4.39. The highest BCUT2D eigenvalue weighted by Gasteiger charge is 2.31. The van der Waals surface area contributed by atoms with Crippen LogP contribution in [0.15, 0.2) is 23.1 Å². The maximum atomic E-state index is 12.3. The zero-order valence-electron chi connectivity index (χ0n) is 10.00. The number of hydrogen-bond donors (Lipinski definition) is 1. The van der Waals surface area contributed by atoms with Gasteiger partial charge in [-0.15, -0.1) is 0 Å². The van der Waals surface area contributed by atoms with Crippen LogP contribution in [0, 0.1) is 18.3 Å². The summed E-state index contributed by atoms with van der Waals surface area (Å²) in [6.07, 6.45) is -0.117. The van der Waals surface area contributed by atoms with E-state index in [1.807, 2.05) is 6.07 Å². The van der Waals surface area contributed by atoms with Gasteiger partial charge in [-0.3, -0.25) is 0 Å². The lowest BCUT2D eigenvalue weighted by molar-refractivity contribution is 0.189. The number of aryl methyl sites for hydroxylation is 1. The summed E-state index contributed by atoms with van der Waals surface area (Å²) < 4.78 is 25.8. The molecule has 0 bridgehead atoms. The molecule has 1 aliphatic heterocycles. The molecule has 1 atom stereocenters. The lowest BCUT2D eigenvalue weighted by Crippen LogP contribution is -2.29. The number of nitriles is 1. The van der Waals surface area contributed by atoms with E-state index in [1.165, 1.54) is 22.5 Å². The van der Waals surface area contributed by atoms with Crippen LogP contribution >= 0.6 is 0 Å². The predicted molar refractivity (Wildman–Crippen MR) is 65.3 cm³/mol. The number of benzene rings is 1. The van der Waals surface area contributed by atoms with Crippen LogP contribution in [-0.2, 0) is 10.0 Å². The van der Waals surface area contributed by atoms with Crippen LogP contribution < -0.4 is 0 Å². The SMILES string of the molecule is Cc1cc(S(=O)(=O)N2CC[C@H](O)C2)ccc1C#N. The molecule has 0 spiro atoms. The average Bonchev–Trinajstić information content (AvgIpc) is 2.76. The van der Waals surface area contributed by atoms with E-state index >= 15 is 0 Å². The molecule has 1 aliphatic rings. The Bertz CT molecular complexity index is 604. The molecule has 0 saturated carbocycles. The van der Waals surface area contributed by atoms with E-state index in [9.17, 15) is 13.5 Å². The number of aliphatic hydroxyl groups excluding tert-OH is 1. The third-order valence-corrected chi connectivity index (χ3v) is 4.94. The number of hydrogen-bond acceptors (Lipinski definition) is 4. The summed E-state index contributed by atoms with van der Waals surface area (Å²) >= 11 is 0. The Morgan fingerprint density at radius 1 is 1.50 bits per heavy atom. The van der Waals surface area contributed by atoms with Gasteiger partial charge in [-0.1, -0.05) is 0 Å². The van der Waals surface area contributed by atoms with Crippen LogP contribution in [0.3, 0.4) is 0 Å². The summed E-state index contributed by atoms with van der Waals surface area (Å²) in [6.45, 7) is 2.18. The first-order valence-corrected chi connectivity index (χ1v) is 7.08. The van der Waals surface area contributed by atoms with Gasteiger partial charge in [0.2, 0.25) is 10.0 Å². The molecule has 1 aromatic carbocycles. The van der Waals surface area contributed by atoms with E-state index in [1.54, 1.807) is 6.92 Å². The van der Waals surface area contributed by atoms with Gasteiger partial charge in [0.1, 0.15) is 0 Å². The highest BCUT2D eigenvalue weighted by Crippen LogP contribution is 2.22. The van der Waals surface area contributed by atoms with Crippen molar-refractivity contribution in [3.63, 3.8) is 0 Å². The van der Waals surface area contributed by atoms with Crippen LogP contribution in [0.5, 0.6) is 0 Å². The smallest absolute Gasteiger partial charge is 0.243 e. The normalized spacial score (nSPS) is 20.8. The number of sulfonamides is 1. The van der Waals surface area contributed by atoms with Gasteiger partial charge >= 0.3 is 0 Å². The van der Waals surface area contributed by atoms with Crippen molar-refractivity contribution in [2.75, 3.05) is 13.1 Å². The van der Waals surface area contributed by atoms with Crippen LogP contribution in [0.25, 0.3) is 0 Å². The fourth-order valence-corrected chi connectivity index (χ4v) is 3.58. The van der Waals surface area contributed by atoms with E-state index < -0.39 is 16.1 Å². The first-order valence-electron chi connectivity index (χ1n) is 5.64. The zero-order valence-corrected chi connectivity index (χ0v) is 10.8. The maximum Gasteiger partial charge on any atom is 0.243 e. The van der Waals surface area contributed by atoms with E-state index in [0.29, 0.717) is 24.1 Å². The number of nitrogens with zero attached hydrogens (tertiary/aromatic N) is 2. The monoisotopic (exact) mass is 266 g/mol. The van der Waals surface area contributed by atoms with Crippen molar-refractivity contribution in [1.29, 1.82) is 5.26 Å². The molecule has 6 heteroatoms. The van der Waals surface area contributed by atoms with Gasteiger partial charge in [0.05, 0.1) is 22.6 Å². The fourth-order valence-electron chi connectivity index (χ4n) is 2.00. The molecule has 18 heavy (non-hydrogen) atoms. The van der Waals surface area contributed by atoms with Crippen LogP contribution in [0.1, 0.15) is 17.5 Å². The lowest BCUT2D eigenvalue weighted by atomic mass is 10.1. The second kappa shape index (κ2) is 4.69. The molecule has 0 amide bonds. The van der Waals surface area contributed by atoms with Gasteiger partial charge in [0, 0.05) is 13.1 Å². The zero-order chi connectivity index (χ0) is 13.3. The first-order chi connectivity index (χ1) is 8.45. The summed E-state index contributed by atoms with van der Waals surface area (Å²) in [5, 5.41) is 18.2.